The van der Waals surface area contributed by atoms with E-state index >= 15 is 0 Å². The van der Waals surface area contributed by atoms with Crippen LogP contribution in [0.2, 0.25) is 0 Å². The van der Waals surface area contributed by atoms with Crippen molar-refractivity contribution >= 4 is 5.97 Å². The Kier molecular flexibility index (Phi) is 4.59. The number of hydrogen-bond donors (Lipinski definition) is 1. The van der Waals surface area contributed by atoms with Gasteiger partial charge in [-0.1, -0.05) is 19.9 Å². The highest BCUT2D eigenvalue weighted by molar-refractivity contribution is 5.85. The van der Waals surface area contributed by atoms with Gasteiger partial charge in [0.25, 0.3) is 0 Å². The molecule has 0 aromatic rings. The van der Waals surface area contributed by atoms with Gasteiger partial charge >= 0.3 is 5.97 Å². The highest BCUT2D eigenvalue weighted by Gasteiger charge is 1.98. The molecule has 0 spiro atoms. The van der Waals surface area contributed by atoms with E-state index < -0.39 is 5.97 Å². The van der Waals surface area contributed by atoms with Crippen LogP contribution in [0.4, 0.5) is 0 Å². The monoisotopic (exact) mass is 156 g/mol. The van der Waals surface area contributed by atoms with Gasteiger partial charge in [-0.3, -0.25) is 0 Å². The quantitative estimate of drug-likeness (QED) is 0.635. The highest BCUT2D eigenvalue weighted by atomic mass is 16.4. The maximum atomic E-state index is 10.3. The summed E-state index contributed by atoms with van der Waals surface area (Å²) in [6, 6.07) is 0. The molecule has 0 rings (SSSR count). The third kappa shape index (κ3) is 5.64. The van der Waals surface area contributed by atoms with Gasteiger partial charge in [-0.25, -0.2) is 4.79 Å². The summed E-state index contributed by atoms with van der Waals surface area (Å²) >= 11 is 0. The third-order valence-corrected chi connectivity index (χ3v) is 1.53. The van der Waals surface area contributed by atoms with Crippen LogP contribution in [0.15, 0.2) is 11.6 Å². The van der Waals surface area contributed by atoms with Crippen LogP contribution in [0.5, 0.6) is 0 Å². The largest absolute Gasteiger partial charge is 0.478 e. The van der Waals surface area contributed by atoms with Gasteiger partial charge in [-0.2, -0.15) is 0 Å². The predicted octanol–water partition coefficient (Wildman–Crippen LogP) is 2.45. The number of carboxylic acid groups (broad SMARTS) is 1. The lowest BCUT2D eigenvalue weighted by atomic mass is 10.1. The molecular weight excluding hydrogens is 140 g/mol. The SMILES string of the molecule is C/C(=C/CCC(C)C)C(=O)O. The summed E-state index contributed by atoms with van der Waals surface area (Å²) in [7, 11) is 0. The molecule has 0 aromatic heterocycles. The number of allylic oxidation sites excluding steroid dienone is 1. The van der Waals surface area contributed by atoms with E-state index in [-0.39, 0.29) is 0 Å². The molecule has 2 nitrogen and oxygen atoms in total. The van der Waals surface area contributed by atoms with Gasteiger partial charge in [0.05, 0.1) is 0 Å². The van der Waals surface area contributed by atoms with Crippen molar-refractivity contribution in [1.82, 2.24) is 0 Å². The van der Waals surface area contributed by atoms with Crippen LogP contribution in [0.25, 0.3) is 0 Å². The van der Waals surface area contributed by atoms with E-state index in [1.54, 1.807) is 13.0 Å². The fourth-order valence-corrected chi connectivity index (χ4v) is 0.720. The van der Waals surface area contributed by atoms with Gasteiger partial charge < -0.3 is 5.11 Å². The fraction of sp³-hybridized carbons (Fsp3) is 0.667. The molecule has 0 aliphatic rings. The molecule has 11 heavy (non-hydrogen) atoms. The Bertz CT molecular complexity index is 157. The topological polar surface area (TPSA) is 37.3 Å². The van der Waals surface area contributed by atoms with E-state index in [0.717, 1.165) is 12.8 Å². The fourth-order valence-electron chi connectivity index (χ4n) is 0.720. The lowest BCUT2D eigenvalue weighted by molar-refractivity contribution is -0.132. The van der Waals surface area contributed by atoms with Gasteiger partial charge in [0.1, 0.15) is 0 Å². The Labute approximate surface area is 67.9 Å². The van der Waals surface area contributed by atoms with Gasteiger partial charge in [-0.15, -0.1) is 0 Å². The summed E-state index contributed by atoms with van der Waals surface area (Å²) in [6.45, 7) is 5.89. The van der Waals surface area contributed by atoms with Crippen molar-refractivity contribution in [2.24, 2.45) is 5.92 Å². The van der Waals surface area contributed by atoms with Crippen LogP contribution in [-0.2, 0) is 4.79 Å². The molecule has 0 atom stereocenters. The molecule has 0 heterocycles. The molecule has 0 aliphatic carbocycles. The van der Waals surface area contributed by atoms with E-state index in [0.29, 0.717) is 11.5 Å². The molecule has 0 saturated carbocycles. The van der Waals surface area contributed by atoms with Crippen LogP contribution in [0, 0.1) is 5.92 Å². The molecular formula is C9H16O2. The molecule has 0 aromatic carbocycles. The summed E-state index contributed by atoms with van der Waals surface area (Å²) in [5, 5.41) is 8.48. The number of rotatable bonds is 4. The molecule has 0 amide bonds. The number of carbonyl (C=O) groups is 1. The van der Waals surface area contributed by atoms with Gasteiger partial charge in [-0.05, 0) is 25.7 Å². The van der Waals surface area contributed by atoms with Gasteiger partial charge in [0.15, 0.2) is 0 Å². The van der Waals surface area contributed by atoms with E-state index in [9.17, 15) is 4.79 Å². The van der Waals surface area contributed by atoms with Crippen LogP contribution < -0.4 is 0 Å². The molecule has 64 valence electrons. The lowest BCUT2D eigenvalue weighted by Crippen LogP contribution is -1.96. The van der Waals surface area contributed by atoms with E-state index in [2.05, 4.69) is 13.8 Å². The first-order valence-electron chi connectivity index (χ1n) is 3.94. The average Bonchev–Trinajstić information content (AvgIpc) is 1.86. The third-order valence-electron chi connectivity index (χ3n) is 1.53. The number of aliphatic carboxylic acids is 1. The van der Waals surface area contributed by atoms with E-state index in [1.807, 2.05) is 0 Å². The van der Waals surface area contributed by atoms with Crippen LogP contribution in [0.3, 0.4) is 0 Å². The molecule has 1 N–H and O–H groups in total. The Hall–Kier alpha value is -0.790. The summed E-state index contributed by atoms with van der Waals surface area (Å²) in [5.74, 6) is -0.165. The van der Waals surface area contributed by atoms with Crippen molar-refractivity contribution in [3.05, 3.63) is 11.6 Å². The van der Waals surface area contributed by atoms with Crippen molar-refractivity contribution in [3.8, 4) is 0 Å². The minimum atomic E-state index is -0.811. The maximum absolute atomic E-state index is 10.3. The molecule has 0 aliphatic heterocycles. The first kappa shape index (κ1) is 10.2. The zero-order chi connectivity index (χ0) is 8.85. The first-order valence-corrected chi connectivity index (χ1v) is 3.94. The summed E-state index contributed by atoms with van der Waals surface area (Å²) in [5.41, 5.74) is 0.450. The standard InChI is InChI=1S/C9H16O2/c1-7(2)5-4-6-8(3)9(10)11/h6-7H,4-5H2,1-3H3,(H,10,11)/b8-6-. The van der Waals surface area contributed by atoms with Crippen molar-refractivity contribution in [2.45, 2.75) is 33.6 Å². The Morgan fingerprint density at radius 2 is 2.09 bits per heavy atom. The second-order valence-corrected chi connectivity index (χ2v) is 3.16. The minimum Gasteiger partial charge on any atom is -0.478 e. The molecule has 0 fully saturated rings. The molecule has 0 saturated heterocycles. The van der Waals surface area contributed by atoms with Gasteiger partial charge in [0, 0.05) is 5.57 Å². The zero-order valence-corrected chi connectivity index (χ0v) is 7.42. The number of hydrogen-bond acceptors (Lipinski definition) is 1. The van der Waals surface area contributed by atoms with Crippen LogP contribution in [0.1, 0.15) is 33.6 Å². The van der Waals surface area contributed by atoms with Crippen molar-refractivity contribution in [2.75, 3.05) is 0 Å². The predicted molar refractivity (Wildman–Crippen MR) is 45.5 cm³/mol. The maximum Gasteiger partial charge on any atom is 0.330 e. The minimum absolute atomic E-state index is 0.450. The van der Waals surface area contributed by atoms with Crippen molar-refractivity contribution < 1.29 is 9.90 Å². The second-order valence-electron chi connectivity index (χ2n) is 3.16. The highest BCUT2D eigenvalue weighted by Crippen LogP contribution is 2.06. The Morgan fingerprint density at radius 1 is 1.55 bits per heavy atom. The molecule has 2 heteroatoms. The molecule has 0 bridgehead atoms. The van der Waals surface area contributed by atoms with E-state index in [1.165, 1.54) is 0 Å². The van der Waals surface area contributed by atoms with Crippen LogP contribution >= 0.6 is 0 Å². The van der Waals surface area contributed by atoms with E-state index in [4.69, 9.17) is 5.11 Å². The first-order chi connectivity index (χ1) is 5.04. The molecule has 0 unspecified atom stereocenters. The second kappa shape index (κ2) is 4.94. The lowest BCUT2D eigenvalue weighted by Gasteiger charge is -1.99. The summed E-state index contributed by atoms with van der Waals surface area (Å²) in [6.07, 6.45) is 3.71. The van der Waals surface area contributed by atoms with Gasteiger partial charge in [0.2, 0.25) is 0 Å². The Morgan fingerprint density at radius 3 is 2.45 bits per heavy atom. The summed E-state index contributed by atoms with van der Waals surface area (Å²) in [4.78, 5) is 10.3. The average molecular weight is 156 g/mol. The zero-order valence-electron chi connectivity index (χ0n) is 7.42. The molecule has 0 radical (unpaired) electrons. The Balaban J connectivity index is 3.65. The van der Waals surface area contributed by atoms with Crippen molar-refractivity contribution in [3.63, 3.8) is 0 Å². The number of carboxylic acids is 1. The van der Waals surface area contributed by atoms with Crippen LogP contribution in [-0.4, -0.2) is 11.1 Å². The van der Waals surface area contributed by atoms with Crippen molar-refractivity contribution in [1.29, 1.82) is 0 Å². The summed E-state index contributed by atoms with van der Waals surface area (Å²) < 4.78 is 0. The normalized spacial score (nSPS) is 12.2. The smallest absolute Gasteiger partial charge is 0.330 e.